The van der Waals surface area contributed by atoms with Crippen LogP contribution in [0.3, 0.4) is 0 Å². The zero-order valence-corrected chi connectivity index (χ0v) is 33.1. The minimum atomic E-state index is -2.79. The van der Waals surface area contributed by atoms with Crippen molar-refractivity contribution in [2.45, 2.75) is 103 Å². The zero-order valence-electron chi connectivity index (χ0n) is 28.9. The summed E-state index contributed by atoms with van der Waals surface area (Å²) in [6, 6.07) is -0.497. The summed E-state index contributed by atoms with van der Waals surface area (Å²) >= 11 is 7.11. The maximum absolute atomic E-state index is 15.2. The number of hydrogen-bond acceptors (Lipinski definition) is 10. The van der Waals surface area contributed by atoms with Gasteiger partial charge in [0.15, 0.2) is 31.2 Å². The average Bonchev–Trinajstić information content (AvgIpc) is 3.39. The van der Waals surface area contributed by atoms with Crippen LogP contribution >= 0.6 is 31.9 Å². The molecule has 2 aromatic heterocycles. The minimum Gasteiger partial charge on any atom is -0.508 e. The lowest BCUT2D eigenvalue weighted by Crippen LogP contribution is -2.65. The molecule has 2 aromatic rings. The Morgan fingerprint density at radius 3 is 2.28 bits per heavy atom. The zero-order chi connectivity index (χ0) is 34.6. The maximum atomic E-state index is 15.2. The number of unbranched alkanes of at least 4 members (excludes halogenated alkanes) is 2. The van der Waals surface area contributed by atoms with Crippen molar-refractivity contribution in [3.63, 3.8) is 0 Å². The minimum absolute atomic E-state index is 0.0905. The van der Waals surface area contributed by atoms with E-state index in [2.05, 4.69) is 89.7 Å². The second-order valence-electron chi connectivity index (χ2n) is 14.7. The number of halogens is 2. The first-order valence-corrected chi connectivity index (χ1v) is 21.0. The molecule has 258 valence electrons. The van der Waals surface area contributed by atoms with Gasteiger partial charge >= 0.3 is 0 Å². The average molecular weight is 798 g/mol. The highest BCUT2D eigenvalue weighted by Crippen LogP contribution is 2.60. The summed E-state index contributed by atoms with van der Waals surface area (Å²) < 4.78 is 26.2. The highest BCUT2D eigenvalue weighted by Gasteiger charge is 2.67. The van der Waals surface area contributed by atoms with E-state index in [0.29, 0.717) is 52.3 Å². The molecule has 3 aliphatic carbocycles. The van der Waals surface area contributed by atoms with Gasteiger partial charge in [-0.3, -0.25) is 14.5 Å². The van der Waals surface area contributed by atoms with E-state index in [1.165, 1.54) is 0 Å². The molecule has 13 heteroatoms. The van der Waals surface area contributed by atoms with Crippen LogP contribution in [0.1, 0.15) is 105 Å². The van der Waals surface area contributed by atoms with E-state index < -0.39 is 37.6 Å². The third-order valence-electron chi connectivity index (χ3n) is 10.3. The summed E-state index contributed by atoms with van der Waals surface area (Å²) in [6.45, 7) is 15.3. The topological polar surface area (TPSA) is 124 Å². The van der Waals surface area contributed by atoms with Crippen molar-refractivity contribution >= 4 is 51.7 Å². The number of pyridine rings is 1. The molecule has 1 N–H and O–H groups in total. The van der Waals surface area contributed by atoms with Gasteiger partial charge < -0.3 is 23.5 Å². The Kier molecular flexibility index (Phi) is 10.3. The monoisotopic (exact) mass is 795 g/mol. The lowest BCUT2D eigenvalue weighted by molar-refractivity contribution is -0.0480. The van der Waals surface area contributed by atoms with Crippen LogP contribution < -0.4 is 9.47 Å². The van der Waals surface area contributed by atoms with Crippen LogP contribution in [0.5, 0.6) is 11.6 Å². The van der Waals surface area contributed by atoms with Gasteiger partial charge in [-0.1, -0.05) is 47.5 Å². The molecule has 3 aliphatic rings. The van der Waals surface area contributed by atoms with Crippen LogP contribution in [-0.4, -0.2) is 72.9 Å². The Morgan fingerprint density at radius 2 is 1.68 bits per heavy atom. The van der Waals surface area contributed by atoms with E-state index in [4.69, 9.17) is 18.4 Å². The van der Waals surface area contributed by atoms with Gasteiger partial charge in [-0.15, -0.1) is 0 Å². The predicted octanol–water partition coefficient (Wildman–Crippen LogP) is 8.40. The standard InChI is InChI=1S/C34H47Br2N3O7Si/c1-10-12-14-43-27-22-19(30(35)37-31(27)36)16-18-17-20-24(39(6)7)26-23(32(38-45-26)44-15-13-11-2)29(42)34(20,28(41)21(18)25(22)40)46-47(8,9)33(3,4)5/h18,20,24,41H,10-17H2,1-9H3/t18-,20-,24-,34-/m0/s1. The number of ketones is 2. The van der Waals surface area contributed by atoms with Crippen LogP contribution in [-0.2, 0) is 10.8 Å². The fourth-order valence-electron chi connectivity index (χ4n) is 6.87. The first-order valence-electron chi connectivity index (χ1n) is 16.6. The summed E-state index contributed by atoms with van der Waals surface area (Å²) in [5.74, 6) is -1.36. The quantitative estimate of drug-likeness (QED) is 0.135. The molecule has 2 heterocycles. The molecule has 0 saturated heterocycles. The second-order valence-corrected chi connectivity index (χ2v) is 20.9. The summed E-state index contributed by atoms with van der Waals surface area (Å²) in [5, 5.41) is 16.6. The summed E-state index contributed by atoms with van der Waals surface area (Å²) in [5.41, 5.74) is -0.433. The molecule has 0 bridgehead atoms. The number of nitrogens with zero attached hydrogens (tertiary/aromatic N) is 3. The first kappa shape index (κ1) is 36.2. The van der Waals surface area contributed by atoms with Gasteiger partial charge in [-0.25, -0.2) is 4.98 Å². The van der Waals surface area contributed by atoms with Crippen LogP contribution in [0.15, 0.2) is 25.1 Å². The van der Waals surface area contributed by atoms with Crippen LogP contribution in [0.25, 0.3) is 0 Å². The van der Waals surface area contributed by atoms with Gasteiger partial charge in [0.25, 0.3) is 5.88 Å². The number of rotatable bonds is 11. The van der Waals surface area contributed by atoms with E-state index in [9.17, 15) is 9.90 Å². The lowest BCUT2D eigenvalue weighted by atomic mass is 9.58. The molecule has 0 spiro atoms. The fraction of sp³-hybridized carbons (Fsp3) is 0.647. The number of carbonyl (C=O) groups excluding carboxylic acids is 2. The van der Waals surface area contributed by atoms with E-state index >= 15 is 4.79 Å². The molecular weight excluding hydrogens is 750 g/mol. The lowest BCUT2D eigenvalue weighted by Gasteiger charge is -2.55. The Morgan fingerprint density at radius 1 is 1.04 bits per heavy atom. The Bertz CT molecular complexity index is 1600. The molecule has 0 aromatic carbocycles. The number of aliphatic hydroxyl groups excluding tert-OH is 1. The van der Waals surface area contributed by atoms with Gasteiger partial charge in [-0.2, -0.15) is 0 Å². The van der Waals surface area contributed by atoms with E-state index in [0.717, 1.165) is 31.2 Å². The van der Waals surface area contributed by atoms with Crippen molar-refractivity contribution in [1.82, 2.24) is 15.0 Å². The Hall–Kier alpha value is -2.06. The summed E-state index contributed by atoms with van der Waals surface area (Å²) in [7, 11) is 1.03. The van der Waals surface area contributed by atoms with E-state index in [1.54, 1.807) is 0 Å². The van der Waals surface area contributed by atoms with Gasteiger partial charge in [0.1, 0.15) is 20.5 Å². The normalized spacial score (nSPS) is 24.2. The van der Waals surface area contributed by atoms with Crippen LogP contribution in [0.4, 0.5) is 0 Å². The van der Waals surface area contributed by atoms with Gasteiger partial charge in [0.05, 0.1) is 24.8 Å². The number of hydrogen-bond donors (Lipinski definition) is 1. The number of fused-ring (bicyclic) bond motifs is 4. The molecule has 0 aliphatic heterocycles. The molecule has 4 atom stereocenters. The van der Waals surface area contributed by atoms with Crippen LogP contribution in [0.2, 0.25) is 18.1 Å². The van der Waals surface area contributed by atoms with Crippen molar-refractivity contribution < 1.29 is 33.1 Å². The first-order chi connectivity index (χ1) is 22.0. The molecule has 0 saturated carbocycles. The number of Topliss-reactive ketones (excluding diaryl/α,β-unsaturated/α-hetero) is 2. The summed E-state index contributed by atoms with van der Waals surface area (Å²) in [6.07, 6.45) is 4.20. The predicted molar refractivity (Wildman–Crippen MR) is 188 cm³/mol. The Balaban J connectivity index is 1.78. The molecule has 0 unspecified atom stereocenters. The number of allylic oxidation sites excluding steroid dienone is 1. The Labute approximate surface area is 295 Å². The fourth-order valence-corrected chi connectivity index (χ4v) is 9.59. The highest BCUT2D eigenvalue weighted by molar-refractivity contribution is 9.11. The van der Waals surface area contributed by atoms with Crippen LogP contribution in [0, 0.1) is 11.8 Å². The number of ether oxygens (including phenoxy) is 2. The molecule has 10 nitrogen and oxygen atoms in total. The van der Waals surface area contributed by atoms with Crippen molar-refractivity contribution in [3.8, 4) is 11.6 Å². The second kappa shape index (κ2) is 13.3. The summed E-state index contributed by atoms with van der Waals surface area (Å²) in [4.78, 5) is 36.5. The highest BCUT2D eigenvalue weighted by atomic mass is 79.9. The van der Waals surface area contributed by atoms with Gasteiger partial charge in [0, 0.05) is 17.1 Å². The number of aromatic nitrogens is 2. The van der Waals surface area contributed by atoms with Crippen molar-refractivity contribution in [2.75, 3.05) is 27.3 Å². The van der Waals surface area contributed by atoms with Crippen molar-refractivity contribution in [1.29, 1.82) is 0 Å². The largest absolute Gasteiger partial charge is 0.508 e. The third kappa shape index (κ3) is 5.95. The third-order valence-corrected chi connectivity index (χ3v) is 16.0. The van der Waals surface area contributed by atoms with Gasteiger partial charge in [-0.05, 0) is 101 Å². The van der Waals surface area contributed by atoms with Crippen molar-refractivity contribution in [3.05, 3.63) is 43.0 Å². The molecular formula is C34H47Br2N3O7Si. The smallest absolute Gasteiger partial charge is 0.265 e. The molecule has 5 rings (SSSR count). The number of aliphatic hydroxyl groups is 1. The van der Waals surface area contributed by atoms with E-state index in [-0.39, 0.29) is 33.6 Å². The maximum Gasteiger partial charge on any atom is 0.265 e. The molecule has 0 radical (unpaired) electrons. The molecule has 0 fully saturated rings. The molecule has 47 heavy (non-hydrogen) atoms. The van der Waals surface area contributed by atoms with E-state index in [1.807, 2.05) is 19.0 Å². The van der Waals surface area contributed by atoms with Crippen molar-refractivity contribution in [2.24, 2.45) is 11.8 Å². The number of carbonyl (C=O) groups is 2. The molecule has 0 amide bonds. The SMILES string of the molecule is CCCCOc1noc2c1C(=O)[C@@]1(O[Si](C)(C)C(C)(C)C)C(O)=C3C(=O)c4c(c(Br)nc(Br)c4OCCCC)C[C@H]3C[C@H]1[C@@H]2N(C)C. The van der Waals surface area contributed by atoms with Gasteiger partial charge in [0.2, 0.25) is 5.78 Å².